The molecule has 2 rings (SSSR count). The Morgan fingerprint density at radius 1 is 1.47 bits per heavy atom. The Morgan fingerprint density at radius 2 is 2.35 bits per heavy atom. The fourth-order valence-electron chi connectivity index (χ4n) is 2.09. The van der Waals surface area contributed by atoms with Gasteiger partial charge in [-0.2, -0.15) is 5.26 Å². The largest absolute Gasteiger partial charge is 0.369 e. The summed E-state index contributed by atoms with van der Waals surface area (Å²) in [6.07, 6.45) is 10.1. The molecule has 0 aromatic carbocycles. The molecule has 0 fully saturated rings. The molecule has 0 aliphatic heterocycles. The van der Waals surface area contributed by atoms with Crippen LogP contribution in [0.2, 0.25) is 0 Å². The van der Waals surface area contributed by atoms with Crippen molar-refractivity contribution in [1.82, 2.24) is 4.98 Å². The zero-order valence-electron chi connectivity index (χ0n) is 9.79. The molecule has 0 amide bonds. The third-order valence-electron chi connectivity index (χ3n) is 2.96. The van der Waals surface area contributed by atoms with Gasteiger partial charge in [0.05, 0.1) is 5.56 Å². The molecule has 1 heterocycles. The zero-order valence-corrected chi connectivity index (χ0v) is 9.79. The molecule has 3 nitrogen and oxygen atoms in total. The molecular formula is C14H15N3. The second-order valence-electron chi connectivity index (χ2n) is 4.19. The highest BCUT2D eigenvalue weighted by atomic mass is 15.0. The van der Waals surface area contributed by atoms with E-state index in [1.54, 1.807) is 0 Å². The van der Waals surface area contributed by atoms with Crippen molar-refractivity contribution in [3.8, 4) is 18.4 Å². The monoisotopic (exact) mass is 225 g/mol. The molecule has 1 N–H and O–H groups in total. The predicted molar refractivity (Wildman–Crippen MR) is 67.5 cm³/mol. The first-order valence-corrected chi connectivity index (χ1v) is 5.95. The molecule has 0 bridgehead atoms. The van der Waals surface area contributed by atoms with Gasteiger partial charge in [0.1, 0.15) is 11.9 Å². The number of unbranched alkanes of at least 4 members (excludes halogenated alkanes) is 1. The van der Waals surface area contributed by atoms with Crippen molar-refractivity contribution in [1.29, 1.82) is 5.26 Å². The molecule has 1 aliphatic rings. The van der Waals surface area contributed by atoms with Crippen molar-refractivity contribution in [3.05, 3.63) is 22.9 Å². The van der Waals surface area contributed by atoms with E-state index in [9.17, 15) is 0 Å². The standard InChI is InChI=1S/C14H15N3/c1-2-3-4-8-16-14-12(10-15)9-11-6-5-7-13(11)17-14/h1,9H,3-8H2,(H,16,17). The lowest BCUT2D eigenvalue weighted by atomic mass is 10.1. The van der Waals surface area contributed by atoms with Crippen LogP contribution in [0.4, 0.5) is 5.82 Å². The first-order chi connectivity index (χ1) is 8.35. The van der Waals surface area contributed by atoms with Crippen LogP contribution in [0.5, 0.6) is 0 Å². The summed E-state index contributed by atoms with van der Waals surface area (Å²) < 4.78 is 0. The van der Waals surface area contributed by atoms with Crippen LogP contribution in [0.15, 0.2) is 6.07 Å². The van der Waals surface area contributed by atoms with Gasteiger partial charge < -0.3 is 5.32 Å². The molecule has 0 atom stereocenters. The molecule has 1 aromatic rings. The summed E-state index contributed by atoms with van der Waals surface area (Å²) in [5, 5.41) is 12.3. The number of fused-ring (bicyclic) bond motifs is 1. The SMILES string of the molecule is C#CCCCNc1nc2c(cc1C#N)CCC2. The summed E-state index contributed by atoms with van der Waals surface area (Å²) in [5.41, 5.74) is 3.02. The van der Waals surface area contributed by atoms with Crippen LogP contribution in [-0.4, -0.2) is 11.5 Å². The number of anilines is 1. The van der Waals surface area contributed by atoms with Crippen molar-refractivity contribution in [2.45, 2.75) is 32.1 Å². The van der Waals surface area contributed by atoms with Crippen LogP contribution in [0, 0.1) is 23.7 Å². The summed E-state index contributed by atoms with van der Waals surface area (Å²) in [5.74, 6) is 3.31. The molecule has 0 saturated carbocycles. The van der Waals surface area contributed by atoms with E-state index in [2.05, 4.69) is 22.3 Å². The third kappa shape index (κ3) is 2.57. The fraction of sp³-hybridized carbons (Fsp3) is 0.429. The van der Waals surface area contributed by atoms with Crippen molar-refractivity contribution < 1.29 is 0 Å². The van der Waals surface area contributed by atoms with Crippen LogP contribution in [0.3, 0.4) is 0 Å². The Morgan fingerprint density at radius 3 is 3.12 bits per heavy atom. The van der Waals surface area contributed by atoms with Gasteiger partial charge >= 0.3 is 0 Å². The molecule has 86 valence electrons. The van der Waals surface area contributed by atoms with Crippen molar-refractivity contribution in [3.63, 3.8) is 0 Å². The summed E-state index contributed by atoms with van der Waals surface area (Å²) >= 11 is 0. The number of nitriles is 1. The highest BCUT2D eigenvalue weighted by Crippen LogP contribution is 2.24. The average molecular weight is 225 g/mol. The number of hydrogen-bond acceptors (Lipinski definition) is 3. The number of nitrogens with one attached hydrogen (secondary N) is 1. The molecule has 1 aliphatic carbocycles. The van der Waals surface area contributed by atoms with Crippen LogP contribution in [0.1, 0.15) is 36.1 Å². The van der Waals surface area contributed by atoms with Crippen LogP contribution < -0.4 is 5.32 Å². The Bertz CT molecular complexity index is 491. The number of terminal acetylenes is 1. The minimum atomic E-state index is 0.645. The Kier molecular flexibility index (Phi) is 3.62. The van der Waals surface area contributed by atoms with Gasteiger partial charge in [0.15, 0.2) is 0 Å². The van der Waals surface area contributed by atoms with Gasteiger partial charge in [-0.3, -0.25) is 0 Å². The van der Waals surface area contributed by atoms with E-state index in [0.717, 1.165) is 44.3 Å². The highest BCUT2D eigenvalue weighted by molar-refractivity contribution is 5.55. The number of hydrogen-bond donors (Lipinski definition) is 1. The van der Waals surface area contributed by atoms with E-state index in [1.807, 2.05) is 6.07 Å². The predicted octanol–water partition coefficient (Wildman–Crippen LogP) is 2.27. The van der Waals surface area contributed by atoms with Gasteiger partial charge in [-0.25, -0.2) is 4.98 Å². The molecule has 0 saturated heterocycles. The van der Waals surface area contributed by atoms with E-state index < -0.39 is 0 Å². The molecule has 17 heavy (non-hydrogen) atoms. The Balaban J connectivity index is 2.11. The Labute approximate surface area is 102 Å². The van der Waals surface area contributed by atoms with E-state index in [1.165, 1.54) is 5.56 Å². The third-order valence-corrected chi connectivity index (χ3v) is 2.96. The fourth-order valence-corrected chi connectivity index (χ4v) is 2.09. The van der Waals surface area contributed by atoms with E-state index in [-0.39, 0.29) is 0 Å². The summed E-state index contributed by atoms with van der Waals surface area (Å²) in [6, 6.07) is 4.17. The minimum Gasteiger partial charge on any atom is -0.369 e. The van der Waals surface area contributed by atoms with Crippen molar-refractivity contribution in [2.24, 2.45) is 0 Å². The van der Waals surface area contributed by atoms with E-state index in [0.29, 0.717) is 11.4 Å². The lowest BCUT2D eigenvalue weighted by molar-refractivity contribution is 0.888. The number of nitrogens with zero attached hydrogens (tertiary/aromatic N) is 2. The highest BCUT2D eigenvalue weighted by Gasteiger charge is 2.15. The zero-order chi connectivity index (χ0) is 12.1. The summed E-state index contributed by atoms with van der Waals surface area (Å²) in [6.45, 7) is 0.769. The topological polar surface area (TPSA) is 48.7 Å². The molecule has 0 spiro atoms. The molecule has 0 radical (unpaired) electrons. The first-order valence-electron chi connectivity index (χ1n) is 5.95. The Hall–Kier alpha value is -2.00. The lowest BCUT2D eigenvalue weighted by Crippen LogP contribution is -2.07. The first kappa shape index (κ1) is 11.5. The molecule has 1 aromatic heterocycles. The number of aryl methyl sites for hydroxylation is 2. The van der Waals surface area contributed by atoms with Crippen LogP contribution >= 0.6 is 0 Å². The lowest BCUT2D eigenvalue weighted by Gasteiger charge is -2.08. The second-order valence-corrected chi connectivity index (χ2v) is 4.19. The van der Waals surface area contributed by atoms with Gasteiger partial charge in [0.2, 0.25) is 0 Å². The number of rotatable bonds is 4. The van der Waals surface area contributed by atoms with Crippen molar-refractivity contribution >= 4 is 5.82 Å². The normalized spacial score (nSPS) is 12.6. The van der Waals surface area contributed by atoms with Crippen LogP contribution in [-0.2, 0) is 12.8 Å². The maximum atomic E-state index is 9.09. The summed E-state index contributed by atoms with van der Waals surface area (Å²) in [4.78, 5) is 4.54. The van der Waals surface area contributed by atoms with Crippen LogP contribution in [0.25, 0.3) is 0 Å². The van der Waals surface area contributed by atoms with E-state index >= 15 is 0 Å². The summed E-state index contributed by atoms with van der Waals surface area (Å²) in [7, 11) is 0. The van der Waals surface area contributed by atoms with E-state index in [4.69, 9.17) is 11.7 Å². The second kappa shape index (κ2) is 5.37. The molecule has 3 heteroatoms. The maximum absolute atomic E-state index is 9.09. The van der Waals surface area contributed by atoms with Gasteiger partial charge in [0, 0.05) is 18.7 Å². The average Bonchev–Trinajstić information content (AvgIpc) is 2.80. The number of aromatic nitrogens is 1. The number of pyridine rings is 1. The van der Waals surface area contributed by atoms with Gasteiger partial charge in [0.25, 0.3) is 0 Å². The van der Waals surface area contributed by atoms with Gasteiger partial charge in [-0.1, -0.05) is 0 Å². The smallest absolute Gasteiger partial charge is 0.144 e. The van der Waals surface area contributed by atoms with Crippen molar-refractivity contribution in [2.75, 3.05) is 11.9 Å². The minimum absolute atomic E-state index is 0.645. The quantitative estimate of drug-likeness (QED) is 0.631. The molecule has 0 unspecified atom stereocenters. The van der Waals surface area contributed by atoms with Gasteiger partial charge in [-0.15, -0.1) is 12.3 Å². The van der Waals surface area contributed by atoms with Gasteiger partial charge in [-0.05, 0) is 37.3 Å². The molecular weight excluding hydrogens is 210 g/mol. The maximum Gasteiger partial charge on any atom is 0.144 e.